The minimum absolute atomic E-state index is 0.0558. The molecule has 0 atom stereocenters. The number of aromatic nitrogens is 3. The Kier molecular flexibility index (Phi) is 8.39. The Hall–Kier alpha value is -2.57. The molecule has 2 bridgehead atoms. The Bertz CT molecular complexity index is 1220. The van der Waals surface area contributed by atoms with Crippen molar-refractivity contribution in [3.63, 3.8) is 0 Å². The molecule has 0 amide bonds. The lowest BCUT2D eigenvalue weighted by Gasteiger charge is -2.52. The molecule has 3 saturated carbocycles. The quantitative estimate of drug-likeness (QED) is 0.139. The predicted molar refractivity (Wildman–Crippen MR) is 140 cm³/mol. The monoisotopic (exact) mass is 571 g/mol. The number of rotatable bonds is 10. The van der Waals surface area contributed by atoms with Crippen molar-refractivity contribution in [3.05, 3.63) is 77.9 Å². The van der Waals surface area contributed by atoms with Crippen LogP contribution in [0.5, 0.6) is 0 Å². The van der Waals surface area contributed by atoms with Gasteiger partial charge in [0.15, 0.2) is 5.82 Å². The smallest absolute Gasteiger partial charge is 0.314 e. The van der Waals surface area contributed by atoms with Gasteiger partial charge in [-0.1, -0.05) is 43.5 Å². The van der Waals surface area contributed by atoms with Crippen LogP contribution in [0.2, 0.25) is 0 Å². The van der Waals surface area contributed by atoms with Crippen LogP contribution in [-0.2, 0) is 25.2 Å². The van der Waals surface area contributed by atoms with E-state index in [-0.39, 0.29) is 34.3 Å². The molecule has 39 heavy (non-hydrogen) atoms. The van der Waals surface area contributed by atoms with Crippen LogP contribution in [0.15, 0.2) is 55.1 Å². The summed E-state index contributed by atoms with van der Waals surface area (Å²) in [6.07, 6.45) is -1.24. The van der Waals surface area contributed by atoms with Gasteiger partial charge < -0.3 is 4.57 Å². The predicted octanol–water partition coefficient (Wildman–Crippen LogP) is 7.06. The molecule has 2 N–H and O–H groups in total. The lowest BCUT2D eigenvalue weighted by atomic mass is 9.53. The molecule has 0 saturated heterocycles. The average molecular weight is 572 g/mol. The Morgan fingerprint density at radius 1 is 1.03 bits per heavy atom. The fraction of sp³-hybridized carbons (Fsp3) is 0.481. The van der Waals surface area contributed by atoms with Crippen LogP contribution in [0.25, 0.3) is 5.57 Å². The Morgan fingerprint density at radius 3 is 2.26 bits per heavy atom. The number of halogens is 6. The van der Waals surface area contributed by atoms with E-state index in [0.717, 1.165) is 44.6 Å². The fourth-order valence-electron chi connectivity index (χ4n) is 5.78. The van der Waals surface area contributed by atoms with Crippen molar-refractivity contribution < 1.29 is 26.3 Å². The number of allylic oxidation sites excluding steroid dienone is 4. The van der Waals surface area contributed by atoms with Crippen LogP contribution in [0, 0.1) is 5.41 Å². The molecule has 12 heteroatoms. The SMILES string of the molecule is C=C/C=C(\C(=C)C(F)(F)F)c1nnc(C23CCC(CNSNCc4ccccc4C(F)(F)F)(CC2)CC3)n1C. The highest BCUT2D eigenvalue weighted by molar-refractivity contribution is 7.95. The summed E-state index contributed by atoms with van der Waals surface area (Å²) >= 11 is 1.20. The molecule has 1 heterocycles. The first-order valence-electron chi connectivity index (χ1n) is 12.6. The number of benzene rings is 1. The minimum Gasteiger partial charge on any atom is -0.314 e. The molecule has 3 aliphatic rings. The molecule has 0 spiro atoms. The molecular formula is C27H31F6N5S. The topological polar surface area (TPSA) is 54.8 Å². The van der Waals surface area contributed by atoms with E-state index in [1.165, 1.54) is 36.4 Å². The highest BCUT2D eigenvalue weighted by Gasteiger charge is 2.51. The van der Waals surface area contributed by atoms with Crippen LogP contribution in [-0.4, -0.2) is 27.5 Å². The Labute approximate surface area is 228 Å². The van der Waals surface area contributed by atoms with Crippen LogP contribution < -0.4 is 9.44 Å². The largest absolute Gasteiger partial charge is 0.416 e. The maximum Gasteiger partial charge on any atom is 0.416 e. The molecule has 1 aromatic heterocycles. The summed E-state index contributed by atoms with van der Waals surface area (Å²) < 4.78 is 87.7. The second-order valence-corrected chi connectivity index (χ2v) is 11.2. The first-order valence-corrected chi connectivity index (χ1v) is 13.4. The lowest BCUT2D eigenvalue weighted by molar-refractivity contribution is -0.138. The van der Waals surface area contributed by atoms with E-state index >= 15 is 0 Å². The van der Waals surface area contributed by atoms with Crippen LogP contribution in [0.4, 0.5) is 26.3 Å². The molecule has 1 aromatic carbocycles. The van der Waals surface area contributed by atoms with E-state index in [9.17, 15) is 26.3 Å². The third-order valence-corrected chi connectivity index (χ3v) is 8.70. The van der Waals surface area contributed by atoms with E-state index in [2.05, 4.69) is 32.8 Å². The summed E-state index contributed by atoms with van der Waals surface area (Å²) in [7, 11) is 1.69. The zero-order valence-electron chi connectivity index (χ0n) is 21.6. The number of alkyl halides is 6. The van der Waals surface area contributed by atoms with Gasteiger partial charge in [-0.2, -0.15) is 26.3 Å². The van der Waals surface area contributed by atoms with Gasteiger partial charge in [-0.25, -0.2) is 4.72 Å². The number of hydrogen-bond donors (Lipinski definition) is 2. The molecule has 212 valence electrons. The first-order chi connectivity index (χ1) is 18.3. The molecule has 3 fully saturated rings. The fourth-order valence-corrected chi connectivity index (χ4v) is 6.48. The van der Waals surface area contributed by atoms with Crippen molar-refractivity contribution >= 4 is 17.7 Å². The Balaban J connectivity index is 1.35. The summed E-state index contributed by atoms with van der Waals surface area (Å²) in [5.41, 5.74) is -1.80. The van der Waals surface area contributed by atoms with Crippen molar-refractivity contribution in [1.82, 2.24) is 24.2 Å². The van der Waals surface area contributed by atoms with Crippen molar-refractivity contribution in [2.75, 3.05) is 6.54 Å². The number of hydrogen-bond acceptors (Lipinski definition) is 5. The maximum absolute atomic E-state index is 13.4. The standard InChI is InChI=1S/C27H31F6N5S/c1-4-7-20(18(2)26(28,29)30)22-36-37-23(38(22)3)25-13-10-24(11-14-25,12-15-25)17-35-39-34-16-19-8-5-6-9-21(19)27(31,32)33/h4-9,34-35H,1-2,10-17H2,3H3/b20-7+. The van der Waals surface area contributed by atoms with Gasteiger partial charge in [-0.3, -0.25) is 4.72 Å². The van der Waals surface area contributed by atoms with Gasteiger partial charge in [0.1, 0.15) is 5.82 Å². The van der Waals surface area contributed by atoms with Gasteiger partial charge >= 0.3 is 12.4 Å². The Morgan fingerprint density at radius 2 is 1.67 bits per heavy atom. The normalized spacial score (nSPS) is 23.7. The average Bonchev–Trinajstić information content (AvgIpc) is 3.28. The molecular weight excluding hydrogens is 540 g/mol. The van der Waals surface area contributed by atoms with Crippen LogP contribution in [0.1, 0.15) is 61.3 Å². The minimum atomic E-state index is -4.60. The zero-order chi connectivity index (χ0) is 28.5. The van der Waals surface area contributed by atoms with Crippen molar-refractivity contribution in [1.29, 1.82) is 0 Å². The molecule has 5 nitrogen and oxygen atoms in total. The van der Waals surface area contributed by atoms with Crippen LogP contribution in [0.3, 0.4) is 0 Å². The molecule has 5 rings (SSSR count). The van der Waals surface area contributed by atoms with E-state index < -0.39 is 23.5 Å². The molecule has 3 aliphatic carbocycles. The number of fused-ring (bicyclic) bond motifs is 3. The third-order valence-electron chi connectivity index (χ3n) is 8.12. The summed E-state index contributed by atoms with van der Waals surface area (Å²) in [4.78, 5) is 0. The van der Waals surface area contributed by atoms with Gasteiger partial charge in [0.2, 0.25) is 0 Å². The summed E-state index contributed by atoms with van der Waals surface area (Å²) in [5, 5.41) is 8.49. The van der Waals surface area contributed by atoms with Gasteiger partial charge in [-0.15, -0.1) is 10.2 Å². The van der Waals surface area contributed by atoms with Gasteiger partial charge in [0.25, 0.3) is 0 Å². The summed E-state index contributed by atoms with van der Waals surface area (Å²) in [6, 6.07) is 5.50. The first kappa shape index (κ1) is 29.4. The lowest BCUT2D eigenvalue weighted by Crippen LogP contribution is -2.48. The molecule has 0 aliphatic heterocycles. The van der Waals surface area contributed by atoms with E-state index in [4.69, 9.17) is 0 Å². The molecule has 2 aromatic rings. The second kappa shape index (κ2) is 11.1. The van der Waals surface area contributed by atoms with Crippen molar-refractivity contribution in [3.8, 4) is 0 Å². The summed E-state index contributed by atoms with van der Waals surface area (Å²) in [5.74, 6) is 0.795. The highest BCUT2D eigenvalue weighted by Crippen LogP contribution is 2.57. The third kappa shape index (κ3) is 6.12. The highest BCUT2D eigenvalue weighted by atomic mass is 32.2. The van der Waals surface area contributed by atoms with Gasteiger partial charge in [-0.05, 0) is 55.6 Å². The van der Waals surface area contributed by atoms with Crippen molar-refractivity contribution in [2.45, 2.75) is 62.8 Å². The maximum atomic E-state index is 13.4. The van der Waals surface area contributed by atoms with E-state index in [1.54, 1.807) is 17.7 Å². The second-order valence-electron chi connectivity index (χ2n) is 10.4. The van der Waals surface area contributed by atoms with E-state index in [1.807, 2.05) is 0 Å². The van der Waals surface area contributed by atoms with Crippen LogP contribution >= 0.6 is 12.1 Å². The van der Waals surface area contributed by atoms with Gasteiger partial charge in [0.05, 0.1) is 11.1 Å². The molecule has 0 radical (unpaired) electrons. The number of nitrogens with one attached hydrogen (secondary N) is 2. The summed E-state index contributed by atoms with van der Waals surface area (Å²) in [6.45, 7) is 7.52. The van der Waals surface area contributed by atoms with Gasteiger partial charge in [0, 0.05) is 43.3 Å². The molecule has 0 unspecified atom stereocenters. The number of nitrogens with zero attached hydrogens (tertiary/aromatic N) is 3. The zero-order valence-corrected chi connectivity index (χ0v) is 22.4. The van der Waals surface area contributed by atoms with E-state index in [0.29, 0.717) is 12.4 Å². The van der Waals surface area contributed by atoms with Crippen molar-refractivity contribution in [2.24, 2.45) is 12.5 Å².